The molecule has 1 aromatic carbocycles. The highest BCUT2D eigenvalue weighted by molar-refractivity contribution is 5.28. The third-order valence-electron chi connectivity index (χ3n) is 4.24. The molecule has 0 bridgehead atoms. The summed E-state index contributed by atoms with van der Waals surface area (Å²) in [5.74, 6) is 0.892. The smallest absolute Gasteiger partial charge is 0.118 e. The van der Waals surface area contributed by atoms with Gasteiger partial charge in [0.15, 0.2) is 0 Å². The summed E-state index contributed by atoms with van der Waals surface area (Å²) < 4.78 is 10.7. The van der Waals surface area contributed by atoms with Gasteiger partial charge in [0, 0.05) is 24.7 Å². The van der Waals surface area contributed by atoms with Crippen LogP contribution in [0.5, 0.6) is 5.75 Å². The number of morpholine rings is 1. The summed E-state index contributed by atoms with van der Waals surface area (Å²) in [6, 6.07) is 8.68. The van der Waals surface area contributed by atoms with Gasteiger partial charge in [0.25, 0.3) is 0 Å². The average molecular weight is 278 g/mol. The molecule has 2 unspecified atom stereocenters. The van der Waals surface area contributed by atoms with Gasteiger partial charge in [-0.25, -0.2) is 0 Å². The normalized spacial score (nSPS) is 23.3. The van der Waals surface area contributed by atoms with E-state index in [0.29, 0.717) is 12.6 Å². The van der Waals surface area contributed by atoms with Crippen molar-refractivity contribution in [1.29, 1.82) is 0 Å². The second-order valence-corrected chi connectivity index (χ2v) is 5.84. The molecule has 1 heterocycles. The van der Waals surface area contributed by atoms with E-state index in [1.54, 1.807) is 7.11 Å². The first kappa shape index (κ1) is 15.3. The van der Waals surface area contributed by atoms with Gasteiger partial charge < -0.3 is 15.2 Å². The SMILES string of the molecule is COc1ccc(CC(C)(CN)N2CCOCC2C)cc1. The Hall–Kier alpha value is -1.10. The first-order valence-electron chi connectivity index (χ1n) is 7.26. The Morgan fingerprint density at radius 3 is 2.65 bits per heavy atom. The summed E-state index contributed by atoms with van der Waals surface area (Å²) >= 11 is 0. The Morgan fingerprint density at radius 1 is 1.40 bits per heavy atom. The van der Waals surface area contributed by atoms with Crippen molar-refractivity contribution >= 4 is 0 Å². The predicted octanol–water partition coefficient (Wildman–Crippen LogP) is 1.68. The van der Waals surface area contributed by atoms with Crippen molar-refractivity contribution in [1.82, 2.24) is 4.90 Å². The molecule has 2 N–H and O–H groups in total. The molecule has 0 aromatic heterocycles. The first-order valence-corrected chi connectivity index (χ1v) is 7.26. The topological polar surface area (TPSA) is 47.7 Å². The van der Waals surface area contributed by atoms with Crippen molar-refractivity contribution in [2.24, 2.45) is 5.73 Å². The molecule has 4 nitrogen and oxygen atoms in total. The van der Waals surface area contributed by atoms with E-state index in [4.69, 9.17) is 15.2 Å². The lowest BCUT2D eigenvalue weighted by molar-refractivity contribution is -0.0506. The molecule has 20 heavy (non-hydrogen) atoms. The zero-order chi connectivity index (χ0) is 14.6. The molecular weight excluding hydrogens is 252 g/mol. The Kier molecular flexibility index (Phi) is 5.02. The van der Waals surface area contributed by atoms with Crippen LogP contribution in [0.25, 0.3) is 0 Å². The van der Waals surface area contributed by atoms with E-state index in [0.717, 1.165) is 31.9 Å². The molecule has 2 atom stereocenters. The highest BCUT2D eigenvalue weighted by atomic mass is 16.5. The Labute approximate surface area is 121 Å². The molecule has 1 saturated heterocycles. The minimum Gasteiger partial charge on any atom is -0.497 e. The fourth-order valence-electron chi connectivity index (χ4n) is 3.00. The number of nitrogens with two attached hydrogens (primary N) is 1. The molecule has 1 fully saturated rings. The van der Waals surface area contributed by atoms with Crippen LogP contribution in [0.1, 0.15) is 19.4 Å². The lowest BCUT2D eigenvalue weighted by Gasteiger charge is -2.46. The monoisotopic (exact) mass is 278 g/mol. The van der Waals surface area contributed by atoms with Gasteiger partial charge >= 0.3 is 0 Å². The van der Waals surface area contributed by atoms with Crippen LogP contribution in [-0.2, 0) is 11.2 Å². The number of methoxy groups -OCH3 is 1. The summed E-state index contributed by atoms with van der Waals surface area (Å²) in [6.07, 6.45) is 0.942. The van der Waals surface area contributed by atoms with E-state index in [1.165, 1.54) is 5.56 Å². The summed E-state index contributed by atoms with van der Waals surface area (Å²) in [6.45, 7) is 7.63. The maximum Gasteiger partial charge on any atom is 0.118 e. The first-order chi connectivity index (χ1) is 9.59. The number of hydrogen-bond donors (Lipinski definition) is 1. The maximum absolute atomic E-state index is 6.10. The molecule has 0 saturated carbocycles. The predicted molar refractivity (Wildman–Crippen MR) is 81.1 cm³/mol. The van der Waals surface area contributed by atoms with Crippen molar-refractivity contribution in [3.63, 3.8) is 0 Å². The van der Waals surface area contributed by atoms with Crippen molar-refractivity contribution in [3.8, 4) is 5.75 Å². The molecule has 2 rings (SSSR count). The highest BCUT2D eigenvalue weighted by Crippen LogP contribution is 2.25. The maximum atomic E-state index is 6.10. The average Bonchev–Trinajstić information content (AvgIpc) is 2.48. The molecule has 0 aliphatic carbocycles. The van der Waals surface area contributed by atoms with Crippen LogP contribution in [0.2, 0.25) is 0 Å². The molecule has 0 spiro atoms. The van der Waals surface area contributed by atoms with Crippen molar-refractivity contribution < 1.29 is 9.47 Å². The third kappa shape index (κ3) is 3.32. The molecule has 1 aliphatic heterocycles. The quantitative estimate of drug-likeness (QED) is 0.890. The molecule has 1 aliphatic rings. The Balaban J connectivity index is 2.12. The largest absolute Gasteiger partial charge is 0.497 e. The van der Waals surface area contributed by atoms with Crippen LogP contribution in [0.4, 0.5) is 0 Å². The van der Waals surface area contributed by atoms with Gasteiger partial charge in [-0.3, -0.25) is 4.90 Å². The zero-order valence-electron chi connectivity index (χ0n) is 12.8. The number of hydrogen-bond acceptors (Lipinski definition) is 4. The lowest BCUT2D eigenvalue weighted by atomic mass is 9.89. The molecule has 0 radical (unpaired) electrons. The number of rotatable bonds is 5. The number of ether oxygens (including phenoxy) is 2. The Morgan fingerprint density at radius 2 is 2.10 bits per heavy atom. The van der Waals surface area contributed by atoms with E-state index >= 15 is 0 Å². The van der Waals surface area contributed by atoms with Gasteiger partial charge in [-0.1, -0.05) is 12.1 Å². The summed E-state index contributed by atoms with van der Waals surface area (Å²) in [7, 11) is 1.69. The highest BCUT2D eigenvalue weighted by Gasteiger charge is 2.35. The molecule has 4 heteroatoms. The van der Waals surface area contributed by atoms with Gasteiger partial charge in [0.05, 0.1) is 20.3 Å². The van der Waals surface area contributed by atoms with E-state index < -0.39 is 0 Å². The second kappa shape index (κ2) is 6.57. The fourth-order valence-corrected chi connectivity index (χ4v) is 3.00. The van der Waals surface area contributed by atoms with Crippen molar-refractivity contribution in [3.05, 3.63) is 29.8 Å². The van der Waals surface area contributed by atoms with E-state index in [9.17, 15) is 0 Å². The minimum absolute atomic E-state index is 0.0300. The van der Waals surface area contributed by atoms with Crippen LogP contribution in [0.15, 0.2) is 24.3 Å². The molecule has 0 amide bonds. The van der Waals surface area contributed by atoms with Crippen molar-refractivity contribution in [2.45, 2.75) is 31.8 Å². The third-order valence-corrected chi connectivity index (χ3v) is 4.24. The second-order valence-electron chi connectivity index (χ2n) is 5.84. The minimum atomic E-state index is -0.0300. The Bertz CT molecular complexity index is 421. The van der Waals surface area contributed by atoms with Crippen LogP contribution >= 0.6 is 0 Å². The lowest BCUT2D eigenvalue weighted by Crippen LogP contribution is -2.60. The van der Waals surface area contributed by atoms with E-state index in [2.05, 4.69) is 30.9 Å². The van der Waals surface area contributed by atoms with Crippen LogP contribution < -0.4 is 10.5 Å². The standard InChI is InChI=1S/C16H26N2O2/c1-13-11-20-9-8-18(13)16(2,12-17)10-14-4-6-15(19-3)7-5-14/h4-7,13H,8-12,17H2,1-3H3. The van der Waals surface area contributed by atoms with E-state index in [1.807, 2.05) is 12.1 Å². The van der Waals surface area contributed by atoms with Crippen LogP contribution in [0.3, 0.4) is 0 Å². The summed E-state index contributed by atoms with van der Waals surface area (Å²) in [5.41, 5.74) is 7.36. The zero-order valence-corrected chi connectivity index (χ0v) is 12.8. The van der Waals surface area contributed by atoms with Crippen molar-refractivity contribution in [2.75, 3.05) is 33.4 Å². The van der Waals surface area contributed by atoms with Gasteiger partial charge in [0.2, 0.25) is 0 Å². The van der Waals surface area contributed by atoms with Gasteiger partial charge in [0.1, 0.15) is 5.75 Å². The molecular formula is C16H26N2O2. The summed E-state index contributed by atoms with van der Waals surface area (Å²) in [4.78, 5) is 2.49. The van der Waals surface area contributed by atoms with Gasteiger partial charge in [-0.2, -0.15) is 0 Å². The van der Waals surface area contributed by atoms with Crippen LogP contribution in [0, 0.1) is 0 Å². The number of nitrogens with zero attached hydrogens (tertiary/aromatic N) is 1. The van der Waals surface area contributed by atoms with Gasteiger partial charge in [-0.15, -0.1) is 0 Å². The van der Waals surface area contributed by atoms with Crippen LogP contribution in [-0.4, -0.2) is 49.9 Å². The molecule has 1 aromatic rings. The molecule has 112 valence electrons. The summed E-state index contributed by atoms with van der Waals surface area (Å²) in [5, 5.41) is 0. The van der Waals surface area contributed by atoms with E-state index in [-0.39, 0.29) is 5.54 Å². The fraction of sp³-hybridized carbons (Fsp3) is 0.625. The van der Waals surface area contributed by atoms with Gasteiger partial charge in [-0.05, 0) is 38.0 Å². The number of benzene rings is 1.